The minimum atomic E-state index is 0. The van der Waals surface area contributed by atoms with Gasteiger partial charge in [-0.1, -0.05) is 41.5 Å². The summed E-state index contributed by atoms with van der Waals surface area (Å²) in [5.41, 5.74) is 4.69. The number of hydrogen-bond acceptors (Lipinski definition) is 0. The molecule has 0 aliphatic carbocycles. The Labute approximate surface area is 133 Å². The second-order valence-electron chi connectivity index (χ2n) is 3.56. The monoisotopic (exact) mass is 424 g/mol. The van der Waals surface area contributed by atoms with Crippen molar-refractivity contribution < 1.29 is 21.1 Å². The molecule has 0 bridgehead atoms. The van der Waals surface area contributed by atoms with E-state index >= 15 is 0 Å². The minimum absolute atomic E-state index is 0. The van der Waals surface area contributed by atoms with Gasteiger partial charge in [0.15, 0.2) is 0 Å². The minimum Gasteiger partial charge on any atom is -0.226 e. The number of hydrogen-bond donors (Lipinski definition) is 0. The maximum atomic E-state index is 3.24. The van der Waals surface area contributed by atoms with Crippen LogP contribution < -0.4 is 0 Å². The molecule has 1 heteroatoms. The van der Waals surface area contributed by atoms with Gasteiger partial charge in [-0.25, -0.2) is 11.1 Å². The summed E-state index contributed by atoms with van der Waals surface area (Å²) >= 11 is 0. The Bertz CT molecular complexity index is 369. The molecular weight excluding hydrogens is 400 g/mol. The first-order valence-electron chi connectivity index (χ1n) is 6.73. The first-order valence-corrected chi connectivity index (χ1v) is 6.73. The van der Waals surface area contributed by atoms with Gasteiger partial charge in [-0.05, 0) is 0 Å². The molecule has 102 valence electrons. The van der Waals surface area contributed by atoms with Crippen LogP contribution in [0.25, 0.3) is 11.1 Å². The van der Waals surface area contributed by atoms with E-state index in [0.717, 1.165) is 11.1 Å². The van der Waals surface area contributed by atoms with Crippen molar-refractivity contribution in [2.24, 2.45) is 0 Å². The Morgan fingerprint density at radius 2 is 0.947 bits per heavy atom. The summed E-state index contributed by atoms with van der Waals surface area (Å²) in [6.07, 6.45) is 0. The van der Waals surface area contributed by atoms with Crippen LogP contribution in [0.1, 0.15) is 38.8 Å². The maximum Gasteiger partial charge on any atom is 2.00 e. The Balaban J connectivity index is 0. The molecule has 0 N–H and O–H groups in total. The van der Waals surface area contributed by atoms with Gasteiger partial charge in [-0.3, -0.25) is 0 Å². The summed E-state index contributed by atoms with van der Waals surface area (Å²) in [7, 11) is 0. The largest absolute Gasteiger partial charge is 2.00 e. The molecule has 2 aromatic rings. The average Bonchev–Trinajstić information content (AvgIpc) is 2.45. The molecule has 0 unspecified atom stereocenters. The molecule has 0 amide bonds. The SMILES string of the molecule is CC.CC.Cc1c[c-]c(-c2[c-]cc(C)cc2)cc1.[W+2]. The summed E-state index contributed by atoms with van der Waals surface area (Å²) in [5, 5.41) is 0. The van der Waals surface area contributed by atoms with E-state index in [1.165, 1.54) is 11.1 Å². The predicted molar refractivity (Wildman–Crippen MR) is 81.7 cm³/mol. The van der Waals surface area contributed by atoms with Crippen molar-refractivity contribution >= 4 is 0 Å². The van der Waals surface area contributed by atoms with Gasteiger partial charge in [-0.15, -0.1) is 11.1 Å². The third-order valence-electron chi connectivity index (χ3n) is 2.23. The smallest absolute Gasteiger partial charge is 0.226 e. The molecule has 0 saturated carbocycles. The van der Waals surface area contributed by atoms with E-state index < -0.39 is 0 Å². The van der Waals surface area contributed by atoms with Gasteiger partial charge in [0.05, 0.1) is 0 Å². The van der Waals surface area contributed by atoms with Gasteiger partial charge in [0.25, 0.3) is 0 Å². The molecule has 0 nitrogen and oxygen atoms in total. The summed E-state index contributed by atoms with van der Waals surface area (Å²) < 4.78 is 0. The van der Waals surface area contributed by atoms with E-state index in [4.69, 9.17) is 0 Å². The fourth-order valence-corrected chi connectivity index (χ4v) is 1.34. The van der Waals surface area contributed by atoms with Crippen LogP contribution in [0.3, 0.4) is 0 Å². The molecule has 0 heterocycles. The van der Waals surface area contributed by atoms with Gasteiger partial charge in [-0.2, -0.15) is 48.5 Å². The van der Waals surface area contributed by atoms with Gasteiger partial charge in [0.2, 0.25) is 0 Å². The van der Waals surface area contributed by atoms with Crippen molar-refractivity contribution in [3.8, 4) is 11.1 Å². The first kappa shape index (κ1) is 20.4. The molecular formula is C18H24W. The standard InChI is InChI=1S/C14H12.2C2H6.W/c1-11-3-7-13(8-4-11)14-9-5-12(2)6-10-14;2*1-2;/h3-7,9H,1-2H3;2*1-2H3;/q-2;;;+2. The third-order valence-corrected chi connectivity index (χ3v) is 2.23. The quantitative estimate of drug-likeness (QED) is 0.522. The van der Waals surface area contributed by atoms with Gasteiger partial charge >= 0.3 is 21.1 Å². The summed E-state index contributed by atoms with van der Waals surface area (Å²) in [5.74, 6) is 0. The summed E-state index contributed by atoms with van der Waals surface area (Å²) in [4.78, 5) is 0. The van der Waals surface area contributed by atoms with E-state index in [9.17, 15) is 0 Å². The maximum absolute atomic E-state index is 3.24. The van der Waals surface area contributed by atoms with E-state index in [2.05, 4.69) is 50.2 Å². The fourth-order valence-electron chi connectivity index (χ4n) is 1.34. The molecule has 0 aliphatic heterocycles. The van der Waals surface area contributed by atoms with Crippen LogP contribution >= 0.6 is 0 Å². The predicted octanol–water partition coefficient (Wildman–Crippen LogP) is 5.62. The zero-order chi connectivity index (χ0) is 14.0. The Kier molecular flexibility index (Phi) is 13.1. The van der Waals surface area contributed by atoms with Crippen molar-refractivity contribution in [1.29, 1.82) is 0 Å². The Hall–Kier alpha value is -0.872. The zero-order valence-corrected chi connectivity index (χ0v) is 15.8. The summed E-state index contributed by atoms with van der Waals surface area (Å²) in [6.45, 7) is 12.1. The van der Waals surface area contributed by atoms with Crippen LogP contribution in [0.15, 0.2) is 36.4 Å². The fraction of sp³-hybridized carbons (Fsp3) is 0.333. The molecule has 0 aromatic heterocycles. The van der Waals surface area contributed by atoms with Crippen molar-refractivity contribution in [2.45, 2.75) is 41.5 Å². The van der Waals surface area contributed by atoms with Crippen LogP contribution in [-0.2, 0) is 21.1 Å². The second-order valence-corrected chi connectivity index (χ2v) is 3.56. The van der Waals surface area contributed by atoms with Gasteiger partial charge in [0, 0.05) is 0 Å². The van der Waals surface area contributed by atoms with E-state index in [0.29, 0.717) is 0 Å². The molecule has 0 fully saturated rings. The molecule has 0 spiro atoms. The second kappa shape index (κ2) is 12.2. The number of rotatable bonds is 1. The topological polar surface area (TPSA) is 0 Å². The van der Waals surface area contributed by atoms with Gasteiger partial charge < -0.3 is 0 Å². The van der Waals surface area contributed by atoms with Crippen molar-refractivity contribution in [3.63, 3.8) is 0 Å². The summed E-state index contributed by atoms with van der Waals surface area (Å²) in [6, 6.07) is 18.8. The van der Waals surface area contributed by atoms with Crippen molar-refractivity contribution in [3.05, 3.63) is 59.7 Å². The van der Waals surface area contributed by atoms with Crippen LogP contribution in [0.4, 0.5) is 0 Å². The molecule has 0 saturated heterocycles. The van der Waals surface area contributed by atoms with Crippen LogP contribution in [0.2, 0.25) is 0 Å². The molecule has 2 aromatic carbocycles. The van der Waals surface area contributed by atoms with Crippen LogP contribution in [0, 0.1) is 26.0 Å². The Morgan fingerprint density at radius 1 is 0.632 bits per heavy atom. The normalized spacial score (nSPS) is 8.11. The van der Waals surface area contributed by atoms with Crippen molar-refractivity contribution in [1.82, 2.24) is 0 Å². The van der Waals surface area contributed by atoms with E-state index in [-0.39, 0.29) is 21.1 Å². The first-order chi connectivity index (χ1) is 8.75. The third kappa shape index (κ3) is 7.33. The molecule has 0 radical (unpaired) electrons. The van der Waals surface area contributed by atoms with Crippen LogP contribution in [0.5, 0.6) is 0 Å². The molecule has 2 rings (SSSR count). The average molecular weight is 424 g/mol. The van der Waals surface area contributed by atoms with Crippen LogP contribution in [-0.4, -0.2) is 0 Å². The van der Waals surface area contributed by atoms with E-state index in [1.807, 2.05) is 39.8 Å². The van der Waals surface area contributed by atoms with E-state index in [1.54, 1.807) is 0 Å². The zero-order valence-electron chi connectivity index (χ0n) is 12.9. The van der Waals surface area contributed by atoms with Crippen molar-refractivity contribution in [2.75, 3.05) is 0 Å². The number of benzene rings is 2. The van der Waals surface area contributed by atoms with Gasteiger partial charge in [0.1, 0.15) is 0 Å². The molecule has 0 atom stereocenters. The molecule has 0 aliphatic rings. The Morgan fingerprint density at radius 3 is 1.16 bits per heavy atom. The number of aryl methyl sites for hydroxylation is 2. The molecule has 19 heavy (non-hydrogen) atoms.